The highest BCUT2D eigenvalue weighted by Gasteiger charge is 2.21. The lowest BCUT2D eigenvalue weighted by atomic mass is 10.1. The van der Waals surface area contributed by atoms with Crippen LogP contribution in [0.3, 0.4) is 0 Å². The van der Waals surface area contributed by atoms with E-state index in [1.54, 1.807) is 54.6 Å². The van der Waals surface area contributed by atoms with Crippen LogP contribution in [0, 0.1) is 0 Å². The third kappa shape index (κ3) is 3.50. The van der Waals surface area contributed by atoms with E-state index in [0.717, 1.165) is 16.2 Å². The van der Waals surface area contributed by atoms with Gasteiger partial charge in [-0.1, -0.05) is 66.7 Å². The summed E-state index contributed by atoms with van der Waals surface area (Å²) in [4.78, 5) is 3.92. The molecule has 0 aromatic heterocycles. The van der Waals surface area contributed by atoms with Gasteiger partial charge in [-0.25, -0.2) is 16.8 Å². The number of fused-ring (bicyclic) bond motifs is 2. The molecule has 0 heterocycles. The van der Waals surface area contributed by atoms with Crippen LogP contribution < -0.4 is 9.66 Å². The number of benzene rings is 4. The molecule has 0 aliphatic rings. The highest BCUT2D eigenvalue weighted by molar-refractivity contribution is 7.92. The second-order valence-corrected chi connectivity index (χ2v) is 9.53. The molecule has 28 heavy (non-hydrogen) atoms. The molecule has 142 valence electrons. The van der Waals surface area contributed by atoms with Gasteiger partial charge in [-0.05, 0) is 34.4 Å². The van der Waals surface area contributed by atoms with Gasteiger partial charge in [0.1, 0.15) is 0 Å². The highest BCUT2D eigenvalue weighted by Crippen LogP contribution is 2.23. The number of hydrogen-bond donors (Lipinski definition) is 2. The number of sulfonamides is 2. The molecule has 0 saturated heterocycles. The Morgan fingerprint density at radius 1 is 0.536 bits per heavy atom. The van der Waals surface area contributed by atoms with E-state index < -0.39 is 20.0 Å². The van der Waals surface area contributed by atoms with Gasteiger partial charge in [0.05, 0.1) is 9.79 Å². The maximum Gasteiger partial charge on any atom is 0.254 e. The van der Waals surface area contributed by atoms with Gasteiger partial charge < -0.3 is 0 Å². The van der Waals surface area contributed by atoms with E-state index in [2.05, 4.69) is 0 Å². The van der Waals surface area contributed by atoms with Crippen LogP contribution in [-0.2, 0) is 20.0 Å². The minimum Gasteiger partial charge on any atom is -0.206 e. The van der Waals surface area contributed by atoms with Crippen molar-refractivity contribution in [3.05, 3.63) is 84.9 Å². The molecule has 0 fully saturated rings. The maximum absolute atomic E-state index is 12.7. The minimum atomic E-state index is -4.11. The normalized spacial score (nSPS) is 12.4. The monoisotopic (exact) mass is 412 g/mol. The SMILES string of the molecule is O=S(=O)(NNS(=O)(=O)c1cccc2ccccc12)c1ccc2ccccc2c1. The van der Waals surface area contributed by atoms with Crippen molar-refractivity contribution in [2.45, 2.75) is 9.79 Å². The molecular weight excluding hydrogens is 396 g/mol. The van der Waals surface area contributed by atoms with Crippen molar-refractivity contribution in [1.29, 1.82) is 0 Å². The topological polar surface area (TPSA) is 92.3 Å². The van der Waals surface area contributed by atoms with Gasteiger partial charge in [0, 0.05) is 5.39 Å². The largest absolute Gasteiger partial charge is 0.254 e. The lowest BCUT2D eigenvalue weighted by Crippen LogP contribution is -2.41. The third-order valence-corrected chi connectivity index (χ3v) is 7.06. The molecular formula is C20H16N2O4S2. The molecule has 0 atom stereocenters. The number of rotatable bonds is 5. The fourth-order valence-electron chi connectivity index (χ4n) is 2.99. The van der Waals surface area contributed by atoms with E-state index in [1.165, 1.54) is 18.2 Å². The van der Waals surface area contributed by atoms with Gasteiger partial charge in [-0.3, -0.25) is 0 Å². The summed E-state index contributed by atoms with van der Waals surface area (Å²) in [6.45, 7) is 0. The summed E-state index contributed by atoms with van der Waals surface area (Å²) in [6, 6.07) is 23.7. The van der Waals surface area contributed by atoms with Crippen molar-refractivity contribution in [3.8, 4) is 0 Å². The van der Waals surface area contributed by atoms with Crippen LogP contribution in [0.4, 0.5) is 0 Å². The molecule has 0 aliphatic carbocycles. The number of hydrogen-bond acceptors (Lipinski definition) is 4. The minimum absolute atomic E-state index is 0.00758. The summed E-state index contributed by atoms with van der Waals surface area (Å²) in [5, 5.41) is 2.87. The Hall–Kier alpha value is -2.78. The Bertz CT molecular complexity index is 1390. The molecule has 8 heteroatoms. The molecule has 0 amide bonds. The number of nitrogens with one attached hydrogen (secondary N) is 2. The Balaban J connectivity index is 1.64. The van der Waals surface area contributed by atoms with E-state index >= 15 is 0 Å². The van der Waals surface area contributed by atoms with Crippen molar-refractivity contribution < 1.29 is 16.8 Å². The second kappa shape index (κ2) is 6.99. The summed E-state index contributed by atoms with van der Waals surface area (Å²) in [6.07, 6.45) is 0. The van der Waals surface area contributed by atoms with E-state index in [9.17, 15) is 16.8 Å². The average Bonchev–Trinajstić information content (AvgIpc) is 2.71. The summed E-state index contributed by atoms with van der Waals surface area (Å²) >= 11 is 0. The van der Waals surface area contributed by atoms with Gasteiger partial charge in [0.2, 0.25) is 0 Å². The van der Waals surface area contributed by atoms with Gasteiger partial charge in [-0.15, -0.1) is 9.66 Å². The zero-order chi connectivity index (χ0) is 19.8. The van der Waals surface area contributed by atoms with Crippen LogP contribution in [-0.4, -0.2) is 16.8 Å². The first-order valence-electron chi connectivity index (χ1n) is 8.37. The highest BCUT2D eigenvalue weighted by atomic mass is 32.2. The molecule has 4 aromatic carbocycles. The van der Waals surface area contributed by atoms with E-state index in [0.29, 0.717) is 5.39 Å². The summed E-state index contributed by atoms with van der Waals surface area (Å²) in [7, 11) is -8.20. The van der Waals surface area contributed by atoms with Crippen molar-refractivity contribution >= 4 is 41.6 Å². The van der Waals surface area contributed by atoms with Gasteiger partial charge >= 0.3 is 0 Å². The molecule has 2 N–H and O–H groups in total. The fraction of sp³-hybridized carbons (Fsp3) is 0. The fourth-order valence-corrected chi connectivity index (χ4v) is 5.36. The Morgan fingerprint density at radius 3 is 1.93 bits per heavy atom. The van der Waals surface area contributed by atoms with Crippen LogP contribution in [0.1, 0.15) is 0 Å². The van der Waals surface area contributed by atoms with Crippen molar-refractivity contribution in [2.24, 2.45) is 0 Å². The summed E-state index contributed by atoms with van der Waals surface area (Å²) in [5.41, 5.74) is 0. The standard InChI is InChI=1S/C20H16N2O4S2/c23-27(24,18-13-12-15-6-1-2-8-17(15)14-18)21-22-28(25,26)20-11-5-9-16-7-3-4-10-19(16)20/h1-14,21-22H. The van der Waals surface area contributed by atoms with Crippen LogP contribution >= 0.6 is 0 Å². The van der Waals surface area contributed by atoms with Crippen molar-refractivity contribution in [3.63, 3.8) is 0 Å². The Labute approximate surface area is 162 Å². The van der Waals surface area contributed by atoms with Gasteiger partial charge in [0.15, 0.2) is 0 Å². The van der Waals surface area contributed by atoms with Crippen LogP contribution in [0.25, 0.3) is 21.5 Å². The van der Waals surface area contributed by atoms with E-state index in [-0.39, 0.29) is 9.79 Å². The molecule has 0 spiro atoms. The molecule has 6 nitrogen and oxygen atoms in total. The van der Waals surface area contributed by atoms with Crippen molar-refractivity contribution in [1.82, 2.24) is 9.66 Å². The van der Waals surface area contributed by atoms with Crippen molar-refractivity contribution in [2.75, 3.05) is 0 Å². The Morgan fingerprint density at radius 2 is 1.14 bits per heavy atom. The lowest BCUT2D eigenvalue weighted by molar-refractivity contribution is 0.558. The zero-order valence-electron chi connectivity index (χ0n) is 14.5. The summed E-state index contributed by atoms with van der Waals surface area (Å²) < 4.78 is 50.6. The first-order valence-corrected chi connectivity index (χ1v) is 11.3. The molecule has 0 saturated carbocycles. The zero-order valence-corrected chi connectivity index (χ0v) is 16.2. The smallest absolute Gasteiger partial charge is 0.206 e. The van der Waals surface area contributed by atoms with Crippen LogP contribution in [0.15, 0.2) is 94.7 Å². The number of hydrazine groups is 1. The van der Waals surface area contributed by atoms with Crippen LogP contribution in [0.5, 0.6) is 0 Å². The first-order chi connectivity index (χ1) is 13.4. The molecule has 4 aromatic rings. The molecule has 0 bridgehead atoms. The molecule has 0 radical (unpaired) electrons. The van der Waals surface area contributed by atoms with Gasteiger partial charge in [0.25, 0.3) is 20.0 Å². The van der Waals surface area contributed by atoms with E-state index in [4.69, 9.17) is 0 Å². The molecule has 0 unspecified atom stereocenters. The second-order valence-electron chi connectivity index (χ2n) is 6.20. The summed E-state index contributed by atoms with van der Waals surface area (Å²) in [5.74, 6) is 0. The Kier molecular flexibility index (Phi) is 4.64. The predicted octanol–water partition coefficient (Wildman–Crippen LogP) is 3.16. The maximum atomic E-state index is 12.7. The first kappa shape index (κ1) is 18.6. The molecule has 0 aliphatic heterocycles. The van der Waals surface area contributed by atoms with Crippen LogP contribution in [0.2, 0.25) is 0 Å². The lowest BCUT2D eigenvalue weighted by Gasteiger charge is -2.11. The average molecular weight is 412 g/mol. The predicted molar refractivity (Wildman–Crippen MR) is 109 cm³/mol. The van der Waals surface area contributed by atoms with E-state index in [1.807, 2.05) is 21.8 Å². The quantitative estimate of drug-likeness (QED) is 0.493. The third-order valence-electron chi connectivity index (χ3n) is 4.38. The molecule has 4 rings (SSSR count). The van der Waals surface area contributed by atoms with Gasteiger partial charge in [-0.2, -0.15) is 0 Å².